The molecule has 0 spiro atoms. The third kappa shape index (κ3) is 4.98. The van der Waals surface area contributed by atoms with E-state index in [9.17, 15) is 4.79 Å². The molecule has 7 nitrogen and oxygen atoms in total. The Hall–Kier alpha value is -3.52. The van der Waals surface area contributed by atoms with E-state index in [0.717, 1.165) is 31.9 Å². The second-order valence-electron chi connectivity index (χ2n) is 7.76. The van der Waals surface area contributed by atoms with Crippen LogP contribution in [0.5, 0.6) is 17.2 Å². The van der Waals surface area contributed by atoms with E-state index in [0.29, 0.717) is 17.2 Å². The minimum atomic E-state index is -0.585. The fourth-order valence-electron chi connectivity index (χ4n) is 4.21. The lowest BCUT2D eigenvalue weighted by molar-refractivity contribution is -0.144. The molecule has 1 heterocycles. The molecule has 182 valence electrons. The zero-order chi connectivity index (χ0) is 24.9. The number of hydrogen-bond donors (Lipinski definition) is 0. The smallest absolute Gasteiger partial charge is 0.325 e. The molecule has 0 saturated heterocycles. The number of carbonyl (C=O) groups is 1. The fraction of sp³-hybridized carbons (Fsp3) is 0.259. The topological polar surface area (TPSA) is 69.6 Å². The first-order chi connectivity index (χ1) is 17.0. The second-order valence-corrected chi connectivity index (χ2v) is 8.68. The van der Waals surface area contributed by atoms with Crippen molar-refractivity contribution in [1.29, 1.82) is 0 Å². The lowest BCUT2D eigenvalue weighted by atomic mass is 10.0. The van der Waals surface area contributed by atoms with Crippen LogP contribution in [0.25, 0.3) is 5.70 Å². The number of esters is 1. The average molecular weight is 539 g/mol. The van der Waals surface area contributed by atoms with Crippen molar-refractivity contribution in [3.8, 4) is 17.2 Å². The molecule has 0 bridgehead atoms. The molecule has 8 heteroatoms. The maximum Gasteiger partial charge on any atom is 0.325 e. The van der Waals surface area contributed by atoms with E-state index in [1.165, 1.54) is 0 Å². The molecule has 0 aromatic heterocycles. The first-order valence-corrected chi connectivity index (χ1v) is 11.9. The highest BCUT2D eigenvalue weighted by atomic mass is 79.9. The lowest BCUT2D eigenvalue weighted by Crippen LogP contribution is -2.44. The molecule has 1 aliphatic heterocycles. The van der Waals surface area contributed by atoms with Crippen LogP contribution < -0.4 is 24.8 Å². The fourth-order valence-corrected chi connectivity index (χ4v) is 4.57. The van der Waals surface area contributed by atoms with E-state index in [-0.39, 0.29) is 19.1 Å². The van der Waals surface area contributed by atoms with Crippen molar-refractivity contribution in [1.82, 2.24) is 4.90 Å². The Bertz CT molecular complexity index is 1340. The maximum atomic E-state index is 12.8. The SMILES string of the molecule is CCOC(=O)CN1C(c2ccccc2)=c2cc(Br)ccc2=NC1c1cc(OC)c(OC)cc1OC. The van der Waals surface area contributed by atoms with E-state index in [1.807, 2.05) is 59.5 Å². The third-order valence-corrected chi connectivity index (χ3v) is 6.22. The zero-order valence-electron chi connectivity index (χ0n) is 20.1. The van der Waals surface area contributed by atoms with Gasteiger partial charge < -0.3 is 23.8 Å². The monoisotopic (exact) mass is 538 g/mol. The quantitative estimate of drug-likeness (QED) is 0.406. The summed E-state index contributed by atoms with van der Waals surface area (Å²) in [4.78, 5) is 19.8. The highest BCUT2D eigenvalue weighted by molar-refractivity contribution is 9.10. The first-order valence-electron chi connectivity index (χ1n) is 11.2. The minimum absolute atomic E-state index is 0.00428. The van der Waals surface area contributed by atoms with Crippen LogP contribution in [0.1, 0.15) is 24.2 Å². The molecule has 0 N–H and O–H groups in total. The van der Waals surface area contributed by atoms with Crippen molar-refractivity contribution in [3.05, 3.63) is 86.8 Å². The van der Waals surface area contributed by atoms with Crippen LogP contribution in [-0.2, 0) is 9.53 Å². The summed E-state index contributed by atoms with van der Waals surface area (Å²) in [6, 6.07) is 19.5. The third-order valence-electron chi connectivity index (χ3n) is 5.72. The van der Waals surface area contributed by atoms with Gasteiger partial charge in [0.15, 0.2) is 17.7 Å². The van der Waals surface area contributed by atoms with Gasteiger partial charge in [-0.15, -0.1) is 0 Å². The van der Waals surface area contributed by atoms with Gasteiger partial charge in [0.05, 0.1) is 39.0 Å². The van der Waals surface area contributed by atoms with Crippen LogP contribution in [0.15, 0.2) is 70.1 Å². The van der Waals surface area contributed by atoms with Crippen LogP contribution in [0.3, 0.4) is 0 Å². The predicted molar refractivity (Wildman–Crippen MR) is 136 cm³/mol. The summed E-state index contributed by atoms with van der Waals surface area (Å²) in [5.74, 6) is 1.30. The molecule has 3 aromatic carbocycles. The van der Waals surface area contributed by atoms with Crippen LogP contribution in [-0.4, -0.2) is 45.4 Å². The molecule has 0 radical (unpaired) electrons. The van der Waals surface area contributed by atoms with Crippen molar-refractivity contribution in [2.45, 2.75) is 13.1 Å². The molecule has 1 atom stereocenters. The highest BCUT2D eigenvalue weighted by Gasteiger charge is 2.32. The van der Waals surface area contributed by atoms with Gasteiger partial charge in [0.25, 0.3) is 0 Å². The lowest BCUT2D eigenvalue weighted by Gasteiger charge is -2.36. The summed E-state index contributed by atoms with van der Waals surface area (Å²) in [6.07, 6.45) is -0.585. The van der Waals surface area contributed by atoms with Crippen molar-refractivity contribution in [2.75, 3.05) is 34.5 Å². The van der Waals surface area contributed by atoms with Gasteiger partial charge in [-0.05, 0) is 36.8 Å². The summed E-state index contributed by atoms with van der Waals surface area (Å²) in [5, 5.41) is 1.71. The van der Waals surface area contributed by atoms with E-state index in [2.05, 4.69) is 15.9 Å². The number of fused-ring (bicyclic) bond motifs is 1. The number of carbonyl (C=O) groups excluding carboxylic acids is 1. The van der Waals surface area contributed by atoms with Gasteiger partial charge in [-0.25, -0.2) is 0 Å². The predicted octanol–water partition coefficient (Wildman–Crippen LogP) is 3.83. The number of benzene rings is 3. The molecule has 1 unspecified atom stereocenters. The first kappa shape index (κ1) is 24.6. The Labute approximate surface area is 212 Å². The van der Waals surface area contributed by atoms with Crippen LogP contribution in [0, 0.1) is 0 Å². The van der Waals surface area contributed by atoms with Crippen molar-refractivity contribution in [2.24, 2.45) is 4.99 Å². The second kappa shape index (κ2) is 10.8. The van der Waals surface area contributed by atoms with Crippen LogP contribution in [0.4, 0.5) is 0 Å². The Balaban J connectivity index is 2.02. The zero-order valence-corrected chi connectivity index (χ0v) is 21.7. The molecule has 4 rings (SSSR count). The Morgan fingerprint density at radius 2 is 1.63 bits per heavy atom. The van der Waals surface area contributed by atoms with Crippen LogP contribution >= 0.6 is 15.9 Å². The summed E-state index contributed by atoms with van der Waals surface area (Å²) in [7, 11) is 4.75. The number of hydrogen-bond acceptors (Lipinski definition) is 7. The standard InChI is InChI=1S/C27H27BrN2O5/c1-5-35-25(31)16-30-26(17-9-7-6-8-10-17)19-13-18(28)11-12-21(19)29-27(30)20-14-23(33-3)24(34-4)15-22(20)32-2/h6-15,27H,5,16H2,1-4H3. The van der Waals surface area contributed by atoms with Crippen molar-refractivity contribution < 1.29 is 23.7 Å². The largest absolute Gasteiger partial charge is 0.496 e. The number of rotatable bonds is 8. The summed E-state index contributed by atoms with van der Waals surface area (Å²) >= 11 is 3.59. The Morgan fingerprint density at radius 3 is 2.29 bits per heavy atom. The molecule has 0 amide bonds. The van der Waals surface area contributed by atoms with Crippen molar-refractivity contribution in [3.63, 3.8) is 0 Å². The van der Waals surface area contributed by atoms with Gasteiger partial charge in [-0.2, -0.15) is 0 Å². The number of halogens is 1. The molecule has 35 heavy (non-hydrogen) atoms. The number of ether oxygens (including phenoxy) is 4. The summed E-state index contributed by atoms with van der Waals surface area (Å²) in [6.45, 7) is 2.08. The Morgan fingerprint density at radius 1 is 0.943 bits per heavy atom. The normalized spacial score (nSPS) is 14.6. The van der Waals surface area contributed by atoms with E-state index < -0.39 is 6.17 Å². The van der Waals surface area contributed by atoms with E-state index >= 15 is 0 Å². The number of methoxy groups -OCH3 is 3. The van der Waals surface area contributed by atoms with E-state index in [4.69, 9.17) is 23.9 Å². The van der Waals surface area contributed by atoms with Gasteiger partial charge in [0.1, 0.15) is 12.3 Å². The van der Waals surface area contributed by atoms with Gasteiger partial charge in [-0.1, -0.05) is 46.3 Å². The summed E-state index contributed by atoms with van der Waals surface area (Å²) in [5.41, 5.74) is 2.55. The molecule has 0 fully saturated rings. The highest BCUT2D eigenvalue weighted by Crippen LogP contribution is 2.41. The molecule has 0 saturated carbocycles. The van der Waals surface area contributed by atoms with E-state index in [1.54, 1.807) is 34.3 Å². The Kier molecular flexibility index (Phi) is 7.60. The maximum absolute atomic E-state index is 12.8. The molecule has 3 aromatic rings. The number of nitrogens with zero attached hydrogens (tertiary/aromatic N) is 2. The molecular weight excluding hydrogens is 512 g/mol. The molecule has 0 aliphatic carbocycles. The van der Waals surface area contributed by atoms with Crippen LogP contribution in [0.2, 0.25) is 0 Å². The van der Waals surface area contributed by atoms with Gasteiger partial charge in [-0.3, -0.25) is 9.79 Å². The van der Waals surface area contributed by atoms with Gasteiger partial charge in [0.2, 0.25) is 0 Å². The molecular formula is C27H27BrN2O5. The minimum Gasteiger partial charge on any atom is -0.496 e. The van der Waals surface area contributed by atoms with Crippen molar-refractivity contribution >= 4 is 27.6 Å². The average Bonchev–Trinajstić information content (AvgIpc) is 2.88. The van der Waals surface area contributed by atoms with Gasteiger partial charge in [0, 0.05) is 21.3 Å². The summed E-state index contributed by atoms with van der Waals surface area (Å²) < 4.78 is 23.0. The van der Waals surface area contributed by atoms with Gasteiger partial charge >= 0.3 is 5.97 Å². The molecule has 1 aliphatic rings.